The Bertz CT molecular complexity index is 65.4. The summed E-state index contributed by atoms with van der Waals surface area (Å²) < 4.78 is 0. The number of carbonyl (C=O) groups excluding carboxylic acids is 1. The van der Waals surface area contributed by atoms with Crippen LogP contribution in [-0.2, 0) is 4.79 Å². The van der Waals surface area contributed by atoms with E-state index in [0.717, 1.165) is 6.54 Å². The second-order valence-corrected chi connectivity index (χ2v) is 1.48. The maximum absolute atomic E-state index is 10.1. The Morgan fingerprint density at radius 1 is 1.62 bits per heavy atom. The van der Waals surface area contributed by atoms with E-state index in [1.807, 2.05) is 6.92 Å². The highest BCUT2D eigenvalue weighted by molar-refractivity contribution is 5.85. The second kappa shape index (κ2) is 6.92. The Labute approximate surface area is 56.1 Å². The minimum Gasteiger partial charge on any atom is -0.310 e. The molecule has 0 spiro atoms. The van der Waals surface area contributed by atoms with Crippen LogP contribution in [0.25, 0.3) is 0 Å². The Hall–Kier alpha value is -0.0800. The molecule has 2 nitrogen and oxygen atoms in total. The third-order valence-electron chi connectivity index (χ3n) is 0.624. The fourth-order valence-corrected chi connectivity index (χ4v) is 0.301. The van der Waals surface area contributed by atoms with Crippen molar-refractivity contribution >= 4 is 18.2 Å². The molecule has 0 fully saturated rings. The Morgan fingerprint density at radius 3 is 2.25 bits per heavy atom. The van der Waals surface area contributed by atoms with Gasteiger partial charge in [-0.1, -0.05) is 6.92 Å². The summed E-state index contributed by atoms with van der Waals surface area (Å²) in [5.41, 5.74) is 0. The molecule has 0 radical (unpaired) electrons. The third kappa shape index (κ3) is 9.33. The fourth-order valence-electron chi connectivity index (χ4n) is 0.301. The lowest BCUT2D eigenvalue weighted by atomic mass is 10.4. The van der Waals surface area contributed by atoms with Gasteiger partial charge < -0.3 is 5.32 Å². The monoisotopic (exact) mass is 137 g/mol. The lowest BCUT2D eigenvalue weighted by molar-refractivity contribution is -0.116. The van der Waals surface area contributed by atoms with E-state index in [0.29, 0.717) is 6.54 Å². The number of nitrogens with one attached hydrogen (secondary N) is 1. The smallest absolute Gasteiger partial charge is 0.143 e. The van der Waals surface area contributed by atoms with Crippen LogP contribution < -0.4 is 5.32 Å². The Balaban J connectivity index is 0. The van der Waals surface area contributed by atoms with Gasteiger partial charge in [-0.2, -0.15) is 0 Å². The van der Waals surface area contributed by atoms with Crippen molar-refractivity contribution < 1.29 is 4.79 Å². The van der Waals surface area contributed by atoms with Crippen LogP contribution in [-0.4, -0.2) is 18.9 Å². The van der Waals surface area contributed by atoms with Crippen LogP contribution in [0.2, 0.25) is 0 Å². The van der Waals surface area contributed by atoms with E-state index < -0.39 is 0 Å². The SMILES string of the molecule is CCNCC(C)=O.Cl. The van der Waals surface area contributed by atoms with Gasteiger partial charge in [-0.15, -0.1) is 12.4 Å². The molecule has 0 amide bonds. The first-order valence-electron chi connectivity index (χ1n) is 2.47. The predicted octanol–water partition coefficient (Wildman–Crippen LogP) is 0.607. The quantitative estimate of drug-likeness (QED) is 0.618. The summed E-state index contributed by atoms with van der Waals surface area (Å²) in [6.07, 6.45) is 0. The molecular weight excluding hydrogens is 126 g/mol. The van der Waals surface area contributed by atoms with Crippen molar-refractivity contribution in [2.24, 2.45) is 0 Å². The van der Waals surface area contributed by atoms with Crippen molar-refractivity contribution in [2.45, 2.75) is 13.8 Å². The molecule has 0 unspecified atom stereocenters. The molecule has 0 saturated heterocycles. The van der Waals surface area contributed by atoms with Gasteiger partial charge in [0.15, 0.2) is 0 Å². The van der Waals surface area contributed by atoms with Crippen LogP contribution in [0.3, 0.4) is 0 Å². The van der Waals surface area contributed by atoms with Gasteiger partial charge in [-0.25, -0.2) is 0 Å². The zero-order valence-electron chi connectivity index (χ0n) is 5.23. The summed E-state index contributed by atoms with van der Waals surface area (Å²) in [6.45, 7) is 4.93. The lowest BCUT2D eigenvalue weighted by Gasteiger charge is -1.91. The largest absolute Gasteiger partial charge is 0.310 e. The van der Waals surface area contributed by atoms with Gasteiger partial charge in [0, 0.05) is 0 Å². The highest BCUT2D eigenvalue weighted by atomic mass is 35.5. The molecule has 50 valence electrons. The summed E-state index contributed by atoms with van der Waals surface area (Å²) in [5.74, 6) is 0.196. The molecule has 0 heterocycles. The maximum atomic E-state index is 10.1. The lowest BCUT2D eigenvalue weighted by Crippen LogP contribution is -2.19. The normalized spacial score (nSPS) is 7.75. The van der Waals surface area contributed by atoms with Crippen LogP contribution in [0.1, 0.15) is 13.8 Å². The zero-order chi connectivity index (χ0) is 5.70. The van der Waals surface area contributed by atoms with Crippen molar-refractivity contribution in [1.82, 2.24) is 5.32 Å². The number of ketones is 1. The molecular formula is C5H12ClNO. The summed E-state index contributed by atoms with van der Waals surface area (Å²) in [4.78, 5) is 10.1. The number of hydrogen-bond donors (Lipinski definition) is 1. The molecule has 0 saturated carbocycles. The summed E-state index contributed by atoms with van der Waals surface area (Å²) in [5, 5.41) is 2.90. The van der Waals surface area contributed by atoms with Gasteiger partial charge in [-0.3, -0.25) is 4.79 Å². The van der Waals surface area contributed by atoms with Gasteiger partial charge in [0.25, 0.3) is 0 Å². The summed E-state index contributed by atoms with van der Waals surface area (Å²) >= 11 is 0. The molecule has 0 aromatic heterocycles. The fraction of sp³-hybridized carbons (Fsp3) is 0.800. The van der Waals surface area contributed by atoms with E-state index in [9.17, 15) is 4.79 Å². The minimum absolute atomic E-state index is 0. The first-order chi connectivity index (χ1) is 3.27. The summed E-state index contributed by atoms with van der Waals surface area (Å²) in [6, 6.07) is 0. The van der Waals surface area contributed by atoms with E-state index >= 15 is 0 Å². The number of hydrogen-bond acceptors (Lipinski definition) is 2. The van der Waals surface area contributed by atoms with Crippen LogP contribution >= 0.6 is 12.4 Å². The van der Waals surface area contributed by atoms with Crippen LogP contribution in [0.5, 0.6) is 0 Å². The van der Waals surface area contributed by atoms with Crippen molar-refractivity contribution in [3.63, 3.8) is 0 Å². The van der Waals surface area contributed by atoms with Gasteiger partial charge in [0.1, 0.15) is 5.78 Å². The van der Waals surface area contributed by atoms with Gasteiger partial charge in [-0.05, 0) is 13.5 Å². The van der Waals surface area contributed by atoms with Gasteiger partial charge in [0.2, 0.25) is 0 Å². The standard InChI is InChI=1S/C5H11NO.ClH/c1-3-6-4-5(2)7;/h6H,3-4H2,1-2H3;1H. The van der Waals surface area contributed by atoms with Crippen molar-refractivity contribution in [1.29, 1.82) is 0 Å². The topological polar surface area (TPSA) is 29.1 Å². The number of rotatable bonds is 3. The van der Waals surface area contributed by atoms with Crippen molar-refractivity contribution in [2.75, 3.05) is 13.1 Å². The van der Waals surface area contributed by atoms with E-state index in [2.05, 4.69) is 5.32 Å². The average molecular weight is 138 g/mol. The molecule has 0 bridgehead atoms. The van der Waals surface area contributed by atoms with Crippen LogP contribution in [0.4, 0.5) is 0 Å². The Morgan fingerprint density at radius 2 is 2.12 bits per heavy atom. The second-order valence-electron chi connectivity index (χ2n) is 1.48. The predicted molar refractivity (Wildman–Crippen MR) is 36.5 cm³/mol. The molecule has 0 aromatic rings. The van der Waals surface area contributed by atoms with Gasteiger partial charge >= 0.3 is 0 Å². The van der Waals surface area contributed by atoms with E-state index in [1.165, 1.54) is 0 Å². The van der Waals surface area contributed by atoms with Crippen LogP contribution in [0.15, 0.2) is 0 Å². The van der Waals surface area contributed by atoms with E-state index in [1.54, 1.807) is 6.92 Å². The highest BCUT2D eigenvalue weighted by Crippen LogP contribution is 1.61. The summed E-state index contributed by atoms with van der Waals surface area (Å²) in [7, 11) is 0. The molecule has 0 aromatic carbocycles. The molecule has 8 heavy (non-hydrogen) atoms. The molecule has 0 aliphatic heterocycles. The molecule has 0 rings (SSSR count). The molecule has 1 N–H and O–H groups in total. The zero-order valence-corrected chi connectivity index (χ0v) is 6.05. The minimum atomic E-state index is 0. The molecule has 0 aliphatic rings. The number of Topliss-reactive ketones (excluding diaryl/α,β-unsaturated/α-hetero) is 1. The van der Waals surface area contributed by atoms with E-state index in [-0.39, 0.29) is 18.2 Å². The average Bonchev–Trinajstić information content (AvgIpc) is 1.61. The van der Waals surface area contributed by atoms with Crippen LogP contribution in [0, 0.1) is 0 Å². The third-order valence-corrected chi connectivity index (χ3v) is 0.624. The van der Waals surface area contributed by atoms with Crippen molar-refractivity contribution in [3.8, 4) is 0 Å². The van der Waals surface area contributed by atoms with Gasteiger partial charge in [0.05, 0.1) is 6.54 Å². The van der Waals surface area contributed by atoms with Crippen molar-refractivity contribution in [3.05, 3.63) is 0 Å². The Kier molecular flexibility index (Phi) is 9.36. The first kappa shape index (κ1) is 10.8. The number of halogens is 1. The molecule has 3 heteroatoms. The number of likely N-dealkylation sites (N-methyl/N-ethyl adjacent to an activating group) is 1. The number of carbonyl (C=O) groups is 1. The molecule has 0 aliphatic carbocycles. The van der Waals surface area contributed by atoms with E-state index in [4.69, 9.17) is 0 Å². The highest BCUT2D eigenvalue weighted by Gasteiger charge is 1.85. The molecule has 0 atom stereocenters. The maximum Gasteiger partial charge on any atom is 0.143 e. The first-order valence-corrected chi connectivity index (χ1v) is 2.47.